The standard InChI is InChI=1S/C13H25N3/c1-4-13(5-2)7-9-16(11-13)8-6-12(10-14)15-3/h12,15H,4-9,11H2,1-3H3. The van der Waals surface area contributed by atoms with Crippen molar-refractivity contribution in [3.63, 3.8) is 0 Å². The molecule has 1 unspecified atom stereocenters. The Labute approximate surface area is 99.8 Å². The molecule has 0 amide bonds. The molecule has 0 bridgehead atoms. The molecule has 0 aromatic carbocycles. The first-order valence-corrected chi connectivity index (χ1v) is 6.49. The van der Waals surface area contributed by atoms with Gasteiger partial charge in [0.1, 0.15) is 0 Å². The van der Waals surface area contributed by atoms with Crippen LogP contribution in [0.15, 0.2) is 0 Å². The Bertz CT molecular complexity index is 240. The van der Waals surface area contributed by atoms with Gasteiger partial charge in [-0.3, -0.25) is 0 Å². The predicted molar refractivity (Wildman–Crippen MR) is 67.1 cm³/mol. The van der Waals surface area contributed by atoms with E-state index in [1.54, 1.807) is 0 Å². The third-order valence-corrected chi connectivity index (χ3v) is 4.26. The van der Waals surface area contributed by atoms with Gasteiger partial charge in [0, 0.05) is 13.1 Å². The summed E-state index contributed by atoms with van der Waals surface area (Å²) in [5, 5.41) is 11.9. The van der Waals surface area contributed by atoms with Gasteiger partial charge in [-0.05, 0) is 44.7 Å². The lowest BCUT2D eigenvalue weighted by atomic mass is 9.82. The maximum Gasteiger partial charge on any atom is 0.0962 e. The van der Waals surface area contributed by atoms with Crippen molar-refractivity contribution < 1.29 is 0 Å². The van der Waals surface area contributed by atoms with Gasteiger partial charge in [-0.15, -0.1) is 0 Å². The molecule has 1 heterocycles. The molecule has 1 fully saturated rings. The van der Waals surface area contributed by atoms with E-state index in [1.807, 2.05) is 7.05 Å². The molecule has 1 atom stereocenters. The number of hydrogen-bond acceptors (Lipinski definition) is 3. The van der Waals surface area contributed by atoms with E-state index in [4.69, 9.17) is 5.26 Å². The van der Waals surface area contributed by atoms with E-state index in [0.29, 0.717) is 5.41 Å². The number of nitrogens with one attached hydrogen (secondary N) is 1. The van der Waals surface area contributed by atoms with Crippen LogP contribution in [0, 0.1) is 16.7 Å². The van der Waals surface area contributed by atoms with E-state index in [0.717, 1.165) is 13.0 Å². The summed E-state index contributed by atoms with van der Waals surface area (Å²) >= 11 is 0. The molecule has 16 heavy (non-hydrogen) atoms. The van der Waals surface area contributed by atoms with Gasteiger partial charge >= 0.3 is 0 Å². The van der Waals surface area contributed by atoms with Crippen LogP contribution in [0.2, 0.25) is 0 Å². The van der Waals surface area contributed by atoms with Crippen molar-refractivity contribution in [1.82, 2.24) is 10.2 Å². The van der Waals surface area contributed by atoms with Gasteiger partial charge in [-0.2, -0.15) is 5.26 Å². The number of nitriles is 1. The van der Waals surface area contributed by atoms with Gasteiger partial charge in [0.25, 0.3) is 0 Å². The molecule has 0 aromatic heterocycles. The Morgan fingerprint density at radius 3 is 2.56 bits per heavy atom. The fourth-order valence-corrected chi connectivity index (χ4v) is 2.63. The van der Waals surface area contributed by atoms with Crippen LogP contribution in [0.25, 0.3) is 0 Å². The molecule has 1 aliphatic heterocycles. The minimum Gasteiger partial charge on any atom is -0.305 e. The van der Waals surface area contributed by atoms with E-state index in [9.17, 15) is 0 Å². The Balaban J connectivity index is 2.34. The molecule has 3 nitrogen and oxygen atoms in total. The largest absolute Gasteiger partial charge is 0.305 e. The van der Waals surface area contributed by atoms with Crippen LogP contribution >= 0.6 is 0 Å². The summed E-state index contributed by atoms with van der Waals surface area (Å²) in [6.45, 7) is 8.10. The Morgan fingerprint density at radius 2 is 2.12 bits per heavy atom. The van der Waals surface area contributed by atoms with Gasteiger partial charge < -0.3 is 10.2 Å². The van der Waals surface area contributed by atoms with E-state index < -0.39 is 0 Å². The first-order chi connectivity index (χ1) is 7.69. The minimum absolute atomic E-state index is 0.0123. The number of likely N-dealkylation sites (tertiary alicyclic amines) is 1. The maximum atomic E-state index is 8.86. The molecule has 1 aliphatic rings. The van der Waals surface area contributed by atoms with Crippen LogP contribution in [0.5, 0.6) is 0 Å². The third-order valence-electron chi connectivity index (χ3n) is 4.26. The molecular formula is C13H25N3. The lowest BCUT2D eigenvalue weighted by Crippen LogP contribution is -2.32. The monoisotopic (exact) mass is 223 g/mol. The van der Waals surface area contributed by atoms with E-state index >= 15 is 0 Å². The molecule has 0 aromatic rings. The van der Waals surface area contributed by atoms with E-state index in [2.05, 4.69) is 30.1 Å². The van der Waals surface area contributed by atoms with Crippen molar-refractivity contribution in [2.75, 3.05) is 26.7 Å². The Kier molecular flexibility index (Phi) is 5.24. The summed E-state index contributed by atoms with van der Waals surface area (Å²) < 4.78 is 0. The summed E-state index contributed by atoms with van der Waals surface area (Å²) in [6.07, 6.45) is 4.84. The molecule has 3 heteroatoms. The summed E-state index contributed by atoms with van der Waals surface area (Å²) in [7, 11) is 1.86. The number of hydrogen-bond donors (Lipinski definition) is 1. The normalized spacial score (nSPS) is 21.9. The Hall–Kier alpha value is -0.590. The zero-order valence-electron chi connectivity index (χ0n) is 10.9. The minimum atomic E-state index is 0.0123. The van der Waals surface area contributed by atoms with Gasteiger partial charge in [0.2, 0.25) is 0 Å². The molecule has 1 saturated heterocycles. The van der Waals surface area contributed by atoms with Crippen molar-refractivity contribution in [1.29, 1.82) is 5.26 Å². The quantitative estimate of drug-likeness (QED) is 0.748. The second-order valence-corrected chi connectivity index (χ2v) is 4.99. The first-order valence-electron chi connectivity index (χ1n) is 6.49. The lowest BCUT2D eigenvalue weighted by Gasteiger charge is -2.26. The fraction of sp³-hybridized carbons (Fsp3) is 0.923. The zero-order valence-corrected chi connectivity index (χ0v) is 10.9. The second-order valence-electron chi connectivity index (χ2n) is 4.99. The van der Waals surface area contributed by atoms with Crippen LogP contribution < -0.4 is 5.32 Å². The predicted octanol–water partition coefficient (Wildman–Crippen LogP) is 2.00. The van der Waals surface area contributed by atoms with Crippen LogP contribution in [0.3, 0.4) is 0 Å². The molecular weight excluding hydrogens is 198 g/mol. The third kappa shape index (κ3) is 3.20. The smallest absolute Gasteiger partial charge is 0.0962 e. The summed E-state index contributed by atoms with van der Waals surface area (Å²) in [5.41, 5.74) is 0.557. The fourth-order valence-electron chi connectivity index (χ4n) is 2.63. The average molecular weight is 223 g/mol. The highest BCUT2D eigenvalue weighted by Crippen LogP contribution is 2.36. The van der Waals surface area contributed by atoms with Gasteiger partial charge in [-0.1, -0.05) is 13.8 Å². The van der Waals surface area contributed by atoms with Crippen LogP contribution in [-0.4, -0.2) is 37.6 Å². The van der Waals surface area contributed by atoms with Gasteiger partial charge in [0.15, 0.2) is 0 Å². The molecule has 1 rings (SSSR count). The SMILES string of the molecule is CCC1(CC)CCN(CCC(C#N)NC)C1. The highest BCUT2D eigenvalue weighted by Gasteiger charge is 2.34. The highest BCUT2D eigenvalue weighted by molar-refractivity contribution is 4.92. The first kappa shape index (κ1) is 13.5. The highest BCUT2D eigenvalue weighted by atomic mass is 15.2. The molecule has 0 saturated carbocycles. The van der Waals surface area contributed by atoms with E-state index in [-0.39, 0.29) is 6.04 Å². The second kappa shape index (κ2) is 6.22. The van der Waals surface area contributed by atoms with Gasteiger partial charge in [0.05, 0.1) is 12.1 Å². The zero-order chi connectivity index (χ0) is 12.0. The van der Waals surface area contributed by atoms with Crippen LogP contribution in [0.4, 0.5) is 0 Å². The molecule has 0 radical (unpaired) electrons. The van der Waals surface area contributed by atoms with Crippen molar-refractivity contribution >= 4 is 0 Å². The van der Waals surface area contributed by atoms with E-state index in [1.165, 1.54) is 32.4 Å². The number of rotatable bonds is 6. The molecule has 0 aliphatic carbocycles. The van der Waals surface area contributed by atoms with Crippen molar-refractivity contribution in [2.24, 2.45) is 5.41 Å². The summed E-state index contributed by atoms with van der Waals surface area (Å²) in [4.78, 5) is 2.52. The van der Waals surface area contributed by atoms with Crippen molar-refractivity contribution in [3.8, 4) is 6.07 Å². The topological polar surface area (TPSA) is 39.1 Å². The average Bonchev–Trinajstić information content (AvgIpc) is 2.75. The molecule has 92 valence electrons. The van der Waals surface area contributed by atoms with Crippen molar-refractivity contribution in [3.05, 3.63) is 0 Å². The van der Waals surface area contributed by atoms with Crippen LogP contribution in [-0.2, 0) is 0 Å². The van der Waals surface area contributed by atoms with Crippen LogP contribution in [0.1, 0.15) is 39.5 Å². The number of nitrogens with zero attached hydrogens (tertiary/aromatic N) is 2. The van der Waals surface area contributed by atoms with Gasteiger partial charge in [-0.25, -0.2) is 0 Å². The lowest BCUT2D eigenvalue weighted by molar-refractivity contribution is 0.236. The molecule has 1 N–H and O–H groups in total. The molecule has 0 spiro atoms. The summed E-state index contributed by atoms with van der Waals surface area (Å²) in [6, 6.07) is 2.30. The summed E-state index contributed by atoms with van der Waals surface area (Å²) in [5.74, 6) is 0. The van der Waals surface area contributed by atoms with Crippen molar-refractivity contribution in [2.45, 2.75) is 45.6 Å². The maximum absolute atomic E-state index is 8.86. The Morgan fingerprint density at radius 1 is 1.44 bits per heavy atom.